The normalized spacial score (nSPS) is 16.4. The van der Waals surface area contributed by atoms with Crippen molar-refractivity contribution >= 4 is 15.9 Å². The first-order valence-electron chi connectivity index (χ1n) is 7.21. The van der Waals surface area contributed by atoms with Gasteiger partial charge in [-0.2, -0.15) is 0 Å². The highest BCUT2D eigenvalue weighted by atomic mass is 79.9. The monoisotopic (exact) mass is 341 g/mol. The molecule has 0 heterocycles. The van der Waals surface area contributed by atoms with Crippen LogP contribution in [-0.4, -0.2) is 18.8 Å². The third-order valence-electron chi connectivity index (χ3n) is 3.54. The van der Waals surface area contributed by atoms with Crippen molar-refractivity contribution in [1.82, 2.24) is 0 Å². The van der Waals surface area contributed by atoms with Crippen LogP contribution in [0.25, 0.3) is 0 Å². The first-order valence-corrected chi connectivity index (χ1v) is 8.00. The number of hydrogen-bond donors (Lipinski definition) is 1. The van der Waals surface area contributed by atoms with Gasteiger partial charge < -0.3 is 15.2 Å². The van der Waals surface area contributed by atoms with Crippen LogP contribution in [0.2, 0.25) is 0 Å². The number of methoxy groups -OCH3 is 1. The summed E-state index contributed by atoms with van der Waals surface area (Å²) in [5.74, 6) is 1.60. The second-order valence-electron chi connectivity index (χ2n) is 6.30. The fourth-order valence-corrected chi connectivity index (χ4v) is 3.27. The molecule has 20 heavy (non-hydrogen) atoms. The van der Waals surface area contributed by atoms with Crippen LogP contribution in [0, 0.1) is 0 Å². The molecule has 2 rings (SSSR count). The average molecular weight is 342 g/mol. The molecule has 0 aliphatic heterocycles. The molecule has 1 aliphatic carbocycles. The Morgan fingerprint density at radius 1 is 1.30 bits per heavy atom. The molecule has 112 valence electrons. The first-order chi connectivity index (χ1) is 9.39. The van der Waals surface area contributed by atoms with Gasteiger partial charge in [0.2, 0.25) is 0 Å². The van der Waals surface area contributed by atoms with Crippen molar-refractivity contribution < 1.29 is 9.47 Å². The standard InChI is InChI=1S/C16H24BrNO2/c1-16(2,18)10-11-8-13(17)15(14(9-11)19-3)20-12-6-4-5-7-12/h8-9,12H,4-7,10,18H2,1-3H3. The van der Waals surface area contributed by atoms with Crippen LogP contribution < -0.4 is 15.2 Å². The Labute approximate surface area is 130 Å². The molecule has 1 aromatic rings. The van der Waals surface area contributed by atoms with Crippen LogP contribution in [0.3, 0.4) is 0 Å². The van der Waals surface area contributed by atoms with Crippen LogP contribution in [0.15, 0.2) is 16.6 Å². The largest absolute Gasteiger partial charge is 0.493 e. The zero-order chi connectivity index (χ0) is 14.8. The predicted octanol–water partition coefficient (Wildman–Crippen LogP) is 4.06. The van der Waals surface area contributed by atoms with Gasteiger partial charge in [-0.1, -0.05) is 0 Å². The Morgan fingerprint density at radius 2 is 1.95 bits per heavy atom. The van der Waals surface area contributed by atoms with E-state index in [1.54, 1.807) is 7.11 Å². The molecule has 0 saturated heterocycles. The Balaban J connectivity index is 2.23. The number of hydrogen-bond acceptors (Lipinski definition) is 3. The molecule has 0 radical (unpaired) electrons. The second kappa shape index (κ2) is 6.35. The summed E-state index contributed by atoms with van der Waals surface area (Å²) in [7, 11) is 1.68. The predicted molar refractivity (Wildman–Crippen MR) is 85.5 cm³/mol. The smallest absolute Gasteiger partial charge is 0.175 e. The maximum atomic E-state index is 6.11. The fraction of sp³-hybridized carbons (Fsp3) is 0.625. The van der Waals surface area contributed by atoms with E-state index in [0.29, 0.717) is 6.10 Å². The van der Waals surface area contributed by atoms with Crippen molar-refractivity contribution in [2.45, 2.75) is 57.6 Å². The highest BCUT2D eigenvalue weighted by molar-refractivity contribution is 9.10. The summed E-state index contributed by atoms with van der Waals surface area (Å²) in [5.41, 5.74) is 7.01. The van der Waals surface area contributed by atoms with Crippen LogP contribution in [-0.2, 0) is 6.42 Å². The maximum absolute atomic E-state index is 6.11. The van der Waals surface area contributed by atoms with E-state index in [1.165, 1.54) is 12.8 Å². The highest BCUT2D eigenvalue weighted by Crippen LogP contribution is 2.39. The quantitative estimate of drug-likeness (QED) is 0.878. The zero-order valence-electron chi connectivity index (χ0n) is 12.5. The molecule has 4 heteroatoms. The van der Waals surface area contributed by atoms with Crippen molar-refractivity contribution in [3.8, 4) is 11.5 Å². The second-order valence-corrected chi connectivity index (χ2v) is 7.15. The summed E-state index contributed by atoms with van der Waals surface area (Å²) in [5, 5.41) is 0. The molecule has 0 spiro atoms. The van der Waals surface area contributed by atoms with Crippen LogP contribution in [0.4, 0.5) is 0 Å². The van der Waals surface area contributed by atoms with E-state index in [-0.39, 0.29) is 5.54 Å². The van der Waals surface area contributed by atoms with Crippen molar-refractivity contribution in [2.24, 2.45) is 5.73 Å². The van der Waals surface area contributed by atoms with E-state index in [4.69, 9.17) is 15.2 Å². The molecule has 0 unspecified atom stereocenters. The lowest BCUT2D eigenvalue weighted by Crippen LogP contribution is -2.34. The SMILES string of the molecule is COc1cc(CC(C)(C)N)cc(Br)c1OC1CCCC1. The van der Waals surface area contributed by atoms with Crippen molar-refractivity contribution in [3.63, 3.8) is 0 Å². The van der Waals surface area contributed by atoms with Gasteiger partial charge >= 0.3 is 0 Å². The van der Waals surface area contributed by atoms with Gasteiger partial charge in [-0.3, -0.25) is 0 Å². The molecule has 0 atom stereocenters. The Hall–Kier alpha value is -0.740. The van der Waals surface area contributed by atoms with E-state index in [9.17, 15) is 0 Å². The molecule has 1 fully saturated rings. The Kier molecular flexibility index (Phi) is 4.97. The highest BCUT2D eigenvalue weighted by Gasteiger charge is 2.21. The topological polar surface area (TPSA) is 44.5 Å². The minimum atomic E-state index is -0.238. The summed E-state index contributed by atoms with van der Waals surface area (Å²) < 4.78 is 12.6. The first kappa shape index (κ1) is 15.6. The van der Waals surface area contributed by atoms with Gasteiger partial charge in [0.15, 0.2) is 11.5 Å². The summed E-state index contributed by atoms with van der Waals surface area (Å²) in [6.45, 7) is 4.05. The molecule has 0 bridgehead atoms. The molecule has 1 aromatic carbocycles. The van der Waals surface area contributed by atoms with Gasteiger partial charge in [-0.15, -0.1) is 0 Å². The maximum Gasteiger partial charge on any atom is 0.175 e. The van der Waals surface area contributed by atoms with Crippen LogP contribution in [0.1, 0.15) is 45.1 Å². The van der Waals surface area contributed by atoms with Gasteiger partial charge in [-0.05, 0) is 79.6 Å². The van der Waals surface area contributed by atoms with Gasteiger partial charge in [0.1, 0.15) is 0 Å². The molecule has 3 nitrogen and oxygen atoms in total. The van der Waals surface area contributed by atoms with E-state index < -0.39 is 0 Å². The third kappa shape index (κ3) is 4.13. The van der Waals surface area contributed by atoms with Crippen molar-refractivity contribution in [1.29, 1.82) is 0 Å². The Morgan fingerprint density at radius 3 is 2.50 bits per heavy atom. The molecule has 0 aromatic heterocycles. The zero-order valence-corrected chi connectivity index (χ0v) is 14.1. The number of rotatable bonds is 5. The molecule has 0 amide bonds. The summed E-state index contributed by atoms with van der Waals surface area (Å²) in [4.78, 5) is 0. The van der Waals surface area contributed by atoms with Crippen molar-refractivity contribution in [3.05, 3.63) is 22.2 Å². The minimum Gasteiger partial charge on any atom is -0.493 e. The van der Waals surface area contributed by atoms with Gasteiger partial charge in [-0.25, -0.2) is 0 Å². The molecule has 1 saturated carbocycles. The van der Waals surface area contributed by atoms with Gasteiger partial charge in [0, 0.05) is 5.54 Å². The van der Waals surface area contributed by atoms with Crippen molar-refractivity contribution in [2.75, 3.05) is 7.11 Å². The minimum absolute atomic E-state index is 0.238. The van der Waals surface area contributed by atoms with Crippen LogP contribution >= 0.6 is 15.9 Å². The summed E-state index contributed by atoms with van der Waals surface area (Å²) >= 11 is 3.61. The third-order valence-corrected chi connectivity index (χ3v) is 4.12. The molecule has 1 aliphatic rings. The Bertz CT molecular complexity index is 462. The molecular weight excluding hydrogens is 318 g/mol. The number of ether oxygens (including phenoxy) is 2. The van der Waals surface area contributed by atoms with E-state index in [0.717, 1.165) is 40.8 Å². The molecule has 2 N–H and O–H groups in total. The lowest BCUT2D eigenvalue weighted by atomic mass is 9.96. The lowest BCUT2D eigenvalue weighted by molar-refractivity contribution is 0.199. The van der Waals surface area contributed by atoms with Crippen LogP contribution in [0.5, 0.6) is 11.5 Å². The average Bonchev–Trinajstić information content (AvgIpc) is 2.83. The number of halogens is 1. The fourth-order valence-electron chi connectivity index (χ4n) is 2.69. The van der Waals surface area contributed by atoms with E-state index in [2.05, 4.69) is 22.0 Å². The van der Waals surface area contributed by atoms with Gasteiger partial charge in [0.05, 0.1) is 17.7 Å². The number of nitrogens with two attached hydrogens (primary N) is 1. The number of benzene rings is 1. The van der Waals surface area contributed by atoms with Gasteiger partial charge in [0.25, 0.3) is 0 Å². The lowest BCUT2D eigenvalue weighted by Gasteiger charge is -2.21. The van der Waals surface area contributed by atoms with E-state index >= 15 is 0 Å². The molecular formula is C16H24BrNO2. The summed E-state index contributed by atoms with van der Waals surface area (Å²) in [6.07, 6.45) is 5.89. The summed E-state index contributed by atoms with van der Waals surface area (Å²) in [6, 6.07) is 4.12. The van der Waals surface area contributed by atoms with E-state index in [1.807, 2.05) is 19.9 Å².